The summed E-state index contributed by atoms with van der Waals surface area (Å²) in [6.07, 6.45) is 3.61. The highest BCUT2D eigenvalue weighted by Crippen LogP contribution is 2.49. The molecule has 1 nitrogen and oxygen atoms in total. The van der Waals surface area contributed by atoms with Crippen molar-refractivity contribution in [3.63, 3.8) is 0 Å². The van der Waals surface area contributed by atoms with Crippen molar-refractivity contribution in [3.05, 3.63) is 35.4 Å². The van der Waals surface area contributed by atoms with Gasteiger partial charge in [0.15, 0.2) is 0 Å². The predicted molar refractivity (Wildman–Crippen MR) is 60.7 cm³/mol. The molecule has 0 heterocycles. The zero-order chi connectivity index (χ0) is 10.7. The van der Waals surface area contributed by atoms with Gasteiger partial charge in [0, 0.05) is 0 Å². The van der Waals surface area contributed by atoms with Gasteiger partial charge in [0.05, 0.1) is 0 Å². The summed E-state index contributed by atoms with van der Waals surface area (Å²) in [6.45, 7) is 1.04. The fourth-order valence-electron chi connectivity index (χ4n) is 1.84. The second-order valence-corrected chi connectivity index (χ2v) is 4.37. The van der Waals surface area contributed by atoms with E-state index < -0.39 is 5.67 Å². The van der Waals surface area contributed by atoms with Crippen LogP contribution in [0.25, 0.3) is 0 Å². The number of hydrogen-bond acceptors (Lipinski definition) is 1. The van der Waals surface area contributed by atoms with Crippen LogP contribution in [-0.2, 0) is 12.1 Å². The van der Waals surface area contributed by atoms with E-state index >= 15 is 0 Å². The van der Waals surface area contributed by atoms with E-state index in [0.717, 1.165) is 24.9 Å². The number of benzene rings is 1. The zero-order valence-electron chi connectivity index (χ0n) is 9.22. The van der Waals surface area contributed by atoms with Gasteiger partial charge in [-0.25, -0.2) is 4.39 Å². The highest BCUT2D eigenvalue weighted by atomic mass is 19.1. The minimum atomic E-state index is -0.983. The van der Waals surface area contributed by atoms with Crippen LogP contribution in [0.15, 0.2) is 24.3 Å². The quantitative estimate of drug-likeness (QED) is 0.732. The Morgan fingerprint density at radius 1 is 1.27 bits per heavy atom. The Kier molecular flexibility index (Phi) is 3.06. The second kappa shape index (κ2) is 4.31. The van der Waals surface area contributed by atoms with E-state index in [9.17, 15) is 4.39 Å². The lowest BCUT2D eigenvalue weighted by molar-refractivity contribution is 0.317. The monoisotopic (exact) mass is 207 g/mol. The number of alkyl halides is 1. The van der Waals surface area contributed by atoms with Crippen LogP contribution in [0.5, 0.6) is 0 Å². The molecule has 0 spiro atoms. The van der Waals surface area contributed by atoms with Crippen LogP contribution in [0.4, 0.5) is 4.39 Å². The minimum absolute atomic E-state index is 0.700. The average molecular weight is 207 g/mol. The smallest absolute Gasteiger partial charge is 0.136 e. The van der Waals surface area contributed by atoms with E-state index in [-0.39, 0.29) is 0 Å². The first-order chi connectivity index (χ1) is 7.24. The molecule has 82 valence electrons. The van der Waals surface area contributed by atoms with Gasteiger partial charge in [-0.2, -0.15) is 0 Å². The summed E-state index contributed by atoms with van der Waals surface area (Å²) >= 11 is 0. The Hall–Kier alpha value is -0.890. The van der Waals surface area contributed by atoms with Crippen LogP contribution in [0, 0.1) is 0 Å². The molecule has 0 atom stereocenters. The molecule has 1 saturated carbocycles. The van der Waals surface area contributed by atoms with Gasteiger partial charge < -0.3 is 5.32 Å². The lowest BCUT2D eigenvalue weighted by Crippen LogP contribution is -2.08. The maximum Gasteiger partial charge on any atom is 0.136 e. The first-order valence-corrected chi connectivity index (χ1v) is 5.67. The van der Waals surface area contributed by atoms with Gasteiger partial charge in [-0.3, -0.25) is 0 Å². The van der Waals surface area contributed by atoms with Crippen LogP contribution in [0.3, 0.4) is 0 Å². The van der Waals surface area contributed by atoms with Crippen molar-refractivity contribution in [1.82, 2.24) is 5.32 Å². The van der Waals surface area contributed by atoms with Crippen molar-refractivity contribution in [2.75, 3.05) is 13.6 Å². The molecule has 15 heavy (non-hydrogen) atoms. The number of aryl methyl sites for hydroxylation is 1. The fourth-order valence-corrected chi connectivity index (χ4v) is 1.84. The van der Waals surface area contributed by atoms with Crippen molar-refractivity contribution in [3.8, 4) is 0 Å². The highest BCUT2D eigenvalue weighted by molar-refractivity contribution is 5.30. The molecule has 0 aliphatic heterocycles. The third kappa shape index (κ3) is 2.57. The first kappa shape index (κ1) is 10.6. The minimum Gasteiger partial charge on any atom is -0.320 e. The van der Waals surface area contributed by atoms with E-state index in [2.05, 4.69) is 17.4 Å². The van der Waals surface area contributed by atoms with Gasteiger partial charge in [-0.1, -0.05) is 24.3 Å². The maximum atomic E-state index is 13.7. The summed E-state index contributed by atoms with van der Waals surface area (Å²) in [5, 5.41) is 3.12. The van der Waals surface area contributed by atoms with Gasteiger partial charge in [0.2, 0.25) is 0 Å². The van der Waals surface area contributed by atoms with E-state index in [0.29, 0.717) is 12.8 Å². The van der Waals surface area contributed by atoms with E-state index in [1.54, 1.807) is 0 Å². The van der Waals surface area contributed by atoms with E-state index in [1.807, 2.05) is 19.2 Å². The molecule has 0 radical (unpaired) electrons. The maximum absolute atomic E-state index is 13.7. The van der Waals surface area contributed by atoms with Crippen LogP contribution in [0.1, 0.15) is 30.4 Å². The largest absolute Gasteiger partial charge is 0.320 e. The molecule has 0 bridgehead atoms. The molecule has 1 N–H and O–H groups in total. The third-order valence-corrected chi connectivity index (χ3v) is 3.05. The van der Waals surface area contributed by atoms with E-state index in [1.165, 1.54) is 5.56 Å². The van der Waals surface area contributed by atoms with Gasteiger partial charge in [-0.15, -0.1) is 0 Å². The molecule has 2 heteroatoms. The Labute approximate surface area is 90.7 Å². The number of halogens is 1. The molecule has 1 aromatic rings. The highest BCUT2D eigenvalue weighted by Gasteiger charge is 2.44. The summed E-state index contributed by atoms with van der Waals surface area (Å²) in [4.78, 5) is 0. The average Bonchev–Trinajstić information content (AvgIpc) is 2.99. The van der Waals surface area contributed by atoms with E-state index in [4.69, 9.17) is 0 Å². The van der Waals surface area contributed by atoms with Crippen molar-refractivity contribution >= 4 is 0 Å². The van der Waals surface area contributed by atoms with Crippen LogP contribution in [0.2, 0.25) is 0 Å². The summed E-state index contributed by atoms with van der Waals surface area (Å²) < 4.78 is 13.7. The Morgan fingerprint density at radius 2 is 1.93 bits per heavy atom. The fraction of sp³-hybridized carbons (Fsp3) is 0.538. The molecule has 2 rings (SSSR count). The molecular formula is C13H18FN. The molecule has 0 aromatic heterocycles. The van der Waals surface area contributed by atoms with Gasteiger partial charge in [0.1, 0.15) is 5.67 Å². The summed E-state index contributed by atoms with van der Waals surface area (Å²) in [5.41, 5.74) is 1.18. The normalized spacial score (nSPS) is 17.7. The van der Waals surface area contributed by atoms with Gasteiger partial charge in [0.25, 0.3) is 0 Å². The molecular weight excluding hydrogens is 189 g/mol. The van der Waals surface area contributed by atoms with Gasteiger partial charge >= 0.3 is 0 Å². The second-order valence-electron chi connectivity index (χ2n) is 4.37. The molecule has 1 fully saturated rings. The SMILES string of the molecule is CNCCCc1ccc(C2(F)CC2)cc1. The third-order valence-electron chi connectivity index (χ3n) is 3.05. The molecule has 0 unspecified atom stereocenters. The Morgan fingerprint density at radius 3 is 2.47 bits per heavy atom. The van der Waals surface area contributed by atoms with Crippen LogP contribution in [-0.4, -0.2) is 13.6 Å². The van der Waals surface area contributed by atoms with Crippen molar-refractivity contribution in [1.29, 1.82) is 0 Å². The summed E-state index contributed by atoms with van der Waals surface area (Å²) in [5.74, 6) is 0. The van der Waals surface area contributed by atoms with Gasteiger partial charge in [-0.05, 0) is 50.4 Å². The zero-order valence-corrected chi connectivity index (χ0v) is 9.22. The van der Waals surface area contributed by atoms with Crippen molar-refractivity contribution < 1.29 is 4.39 Å². The van der Waals surface area contributed by atoms with Crippen molar-refractivity contribution in [2.24, 2.45) is 0 Å². The number of hydrogen-bond donors (Lipinski definition) is 1. The number of nitrogens with one attached hydrogen (secondary N) is 1. The first-order valence-electron chi connectivity index (χ1n) is 5.67. The molecule has 1 aliphatic carbocycles. The molecule has 1 aliphatic rings. The lowest BCUT2D eigenvalue weighted by Gasteiger charge is -2.06. The summed E-state index contributed by atoms with van der Waals surface area (Å²) in [6, 6.07) is 8.01. The Balaban J connectivity index is 1.92. The molecule has 1 aromatic carbocycles. The predicted octanol–water partition coefficient (Wildman–Crippen LogP) is 2.80. The lowest BCUT2D eigenvalue weighted by atomic mass is 10.0. The standard InChI is InChI=1S/C13H18FN/c1-15-10-2-3-11-4-6-12(7-5-11)13(14)8-9-13/h4-7,15H,2-3,8-10H2,1H3. The van der Waals surface area contributed by atoms with Crippen LogP contribution < -0.4 is 5.32 Å². The summed E-state index contributed by atoms with van der Waals surface area (Å²) in [7, 11) is 1.96. The van der Waals surface area contributed by atoms with Crippen molar-refractivity contribution in [2.45, 2.75) is 31.4 Å². The number of rotatable bonds is 5. The molecule has 0 amide bonds. The molecule has 0 saturated heterocycles. The Bertz CT molecular complexity index is 314. The topological polar surface area (TPSA) is 12.0 Å². The van der Waals surface area contributed by atoms with Crippen LogP contribution >= 0.6 is 0 Å².